The van der Waals surface area contributed by atoms with Gasteiger partial charge in [0.05, 0.1) is 22.4 Å². The van der Waals surface area contributed by atoms with Crippen LogP contribution in [0.1, 0.15) is 12.8 Å². The van der Waals surface area contributed by atoms with E-state index in [9.17, 15) is 18.8 Å². The summed E-state index contributed by atoms with van der Waals surface area (Å²) in [6.07, 6.45) is -0.0601. The molecule has 0 bridgehead atoms. The molecule has 0 atom stereocenters. The van der Waals surface area contributed by atoms with Gasteiger partial charge in [0.25, 0.3) is 0 Å². The molecule has 3 aromatic carbocycles. The van der Waals surface area contributed by atoms with E-state index in [4.69, 9.17) is 0 Å². The fraction of sp³-hybridized carbons (Fsp3) is 0.120. The zero-order valence-corrected chi connectivity index (χ0v) is 18.0. The summed E-state index contributed by atoms with van der Waals surface area (Å²) in [5.41, 5.74) is 3.91. The summed E-state index contributed by atoms with van der Waals surface area (Å²) in [5, 5.41) is 5.53. The fourth-order valence-corrected chi connectivity index (χ4v) is 3.87. The van der Waals surface area contributed by atoms with Gasteiger partial charge in [-0.25, -0.2) is 9.37 Å². The number of nitrogens with one attached hydrogen (secondary N) is 3. The molecule has 0 unspecified atom stereocenters. The maximum absolute atomic E-state index is 13.2. The predicted molar refractivity (Wildman–Crippen MR) is 127 cm³/mol. The first-order chi connectivity index (χ1) is 16.5. The molecule has 9 heteroatoms. The summed E-state index contributed by atoms with van der Waals surface area (Å²) < 4.78 is 13.2. The van der Waals surface area contributed by atoms with Gasteiger partial charge in [-0.2, -0.15) is 0 Å². The van der Waals surface area contributed by atoms with Crippen LogP contribution in [0.15, 0.2) is 66.7 Å². The van der Waals surface area contributed by atoms with Crippen LogP contribution in [-0.2, 0) is 14.4 Å². The van der Waals surface area contributed by atoms with Crippen LogP contribution in [0.4, 0.5) is 21.5 Å². The van der Waals surface area contributed by atoms with Crippen molar-refractivity contribution in [3.8, 4) is 11.4 Å². The SMILES string of the molecule is O=C(CCC(=O)N1CC(=O)Nc2ccccc21)Nc1ccc2nc(-c3ccc(F)cc3)[nH]c2c1. The van der Waals surface area contributed by atoms with Crippen LogP contribution in [0.3, 0.4) is 0 Å². The van der Waals surface area contributed by atoms with Crippen LogP contribution in [0.5, 0.6) is 0 Å². The zero-order valence-electron chi connectivity index (χ0n) is 18.0. The van der Waals surface area contributed by atoms with E-state index in [0.717, 1.165) is 5.56 Å². The number of hydrogen-bond donors (Lipinski definition) is 3. The number of para-hydroxylation sites is 2. The topological polar surface area (TPSA) is 107 Å². The Hall–Kier alpha value is -4.53. The van der Waals surface area contributed by atoms with E-state index in [2.05, 4.69) is 20.6 Å². The first-order valence-corrected chi connectivity index (χ1v) is 10.7. The highest BCUT2D eigenvalue weighted by molar-refractivity contribution is 6.10. The molecule has 0 spiro atoms. The first-order valence-electron chi connectivity index (χ1n) is 10.7. The lowest BCUT2D eigenvalue weighted by Crippen LogP contribution is -2.42. The number of fused-ring (bicyclic) bond motifs is 2. The Balaban J connectivity index is 1.23. The summed E-state index contributed by atoms with van der Waals surface area (Å²) in [4.78, 5) is 46.2. The Morgan fingerprint density at radius 3 is 2.65 bits per heavy atom. The highest BCUT2D eigenvalue weighted by Crippen LogP contribution is 2.29. The van der Waals surface area contributed by atoms with Gasteiger partial charge in [0.2, 0.25) is 17.7 Å². The Morgan fingerprint density at radius 2 is 1.82 bits per heavy atom. The first kappa shape index (κ1) is 21.3. The lowest BCUT2D eigenvalue weighted by atomic mass is 10.1. The number of aromatic nitrogens is 2. The number of aromatic amines is 1. The lowest BCUT2D eigenvalue weighted by molar-refractivity contribution is -0.124. The third-order valence-corrected chi connectivity index (χ3v) is 5.52. The minimum absolute atomic E-state index is 0.0268. The maximum Gasteiger partial charge on any atom is 0.244 e. The third kappa shape index (κ3) is 4.36. The van der Waals surface area contributed by atoms with Crippen LogP contribution >= 0.6 is 0 Å². The smallest absolute Gasteiger partial charge is 0.244 e. The van der Waals surface area contributed by atoms with Gasteiger partial charge in [0.15, 0.2) is 0 Å². The second-order valence-corrected chi connectivity index (χ2v) is 7.92. The van der Waals surface area contributed by atoms with Crippen LogP contribution in [-0.4, -0.2) is 34.2 Å². The number of rotatable bonds is 5. The Bertz CT molecular complexity index is 1410. The third-order valence-electron chi connectivity index (χ3n) is 5.52. The molecule has 3 N–H and O–H groups in total. The molecule has 170 valence electrons. The van der Waals surface area contributed by atoms with Crippen LogP contribution in [0.25, 0.3) is 22.4 Å². The number of halogens is 1. The minimum Gasteiger partial charge on any atom is -0.338 e. The molecule has 34 heavy (non-hydrogen) atoms. The van der Waals surface area contributed by atoms with E-state index < -0.39 is 0 Å². The van der Waals surface area contributed by atoms with Gasteiger partial charge < -0.3 is 20.5 Å². The van der Waals surface area contributed by atoms with Gasteiger partial charge in [-0.1, -0.05) is 12.1 Å². The van der Waals surface area contributed by atoms with E-state index in [-0.39, 0.29) is 42.9 Å². The van der Waals surface area contributed by atoms with E-state index in [0.29, 0.717) is 33.9 Å². The van der Waals surface area contributed by atoms with Crippen LogP contribution < -0.4 is 15.5 Å². The van der Waals surface area contributed by atoms with Crippen molar-refractivity contribution in [1.82, 2.24) is 9.97 Å². The number of carbonyl (C=O) groups excluding carboxylic acids is 3. The van der Waals surface area contributed by atoms with Crippen molar-refractivity contribution in [2.24, 2.45) is 0 Å². The van der Waals surface area contributed by atoms with Gasteiger partial charge in [-0.3, -0.25) is 14.4 Å². The molecule has 0 saturated heterocycles. The van der Waals surface area contributed by atoms with E-state index in [1.807, 2.05) is 0 Å². The van der Waals surface area contributed by atoms with Crippen molar-refractivity contribution in [3.63, 3.8) is 0 Å². The maximum atomic E-state index is 13.2. The number of nitrogens with zero attached hydrogens (tertiary/aromatic N) is 2. The second-order valence-electron chi connectivity index (χ2n) is 7.92. The van der Waals surface area contributed by atoms with Gasteiger partial charge >= 0.3 is 0 Å². The van der Waals surface area contributed by atoms with Gasteiger partial charge in [-0.05, 0) is 54.6 Å². The van der Waals surface area contributed by atoms with E-state index >= 15 is 0 Å². The van der Waals surface area contributed by atoms with Crippen molar-refractivity contribution >= 4 is 45.8 Å². The molecule has 0 fully saturated rings. The molecule has 0 saturated carbocycles. The van der Waals surface area contributed by atoms with Crippen molar-refractivity contribution in [2.45, 2.75) is 12.8 Å². The molecule has 1 aliphatic heterocycles. The normalized spacial score (nSPS) is 12.9. The second kappa shape index (κ2) is 8.78. The zero-order chi connectivity index (χ0) is 23.7. The minimum atomic E-state index is -0.323. The molecule has 5 rings (SSSR count). The number of H-pyrrole nitrogens is 1. The standard InChI is InChI=1S/C25H20FN5O3/c26-16-7-5-15(6-8-16)25-29-18-10-9-17(13-20(18)30-25)27-22(32)11-12-24(34)31-14-23(33)28-19-3-1-2-4-21(19)31/h1-10,13H,11-12,14H2,(H,27,32)(H,28,33)(H,29,30). The Kier molecular flexibility index (Phi) is 5.51. The summed E-state index contributed by atoms with van der Waals surface area (Å²) in [6, 6.07) is 18.3. The number of benzene rings is 3. The number of hydrogen-bond acceptors (Lipinski definition) is 4. The average molecular weight is 457 g/mol. The number of carbonyl (C=O) groups is 3. The largest absolute Gasteiger partial charge is 0.338 e. The summed E-state index contributed by atoms with van der Waals surface area (Å²) >= 11 is 0. The molecule has 3 amide bonds. The number of imidazole rings is 1. The lowest BCUT2D eigenvalue weighted by Gasteiger charge is -2.29. The van der Waals surface area contributed by atoms with E-state index in [1.165, 1.54) is 17.0 Å². The molecule has 8 nitrogen and oxygen atoms in total. The molecular weight excluding hydrogens is 437 g/mol. The van der Waals surface area contributed by atoms with E-state index in [1.54, 1.807) is 54.6 Å². The molecule has 1 aromatic heterocycles. The quantitative estimate of drug-likeness (QED) is 0.420. The van der Waals surface area contributed by atoms with Crippen LogP contribution in [0.2, 0.25) is 0 Å². The van der Waals surface area contributed by atoms with Gasteiger partial charge in [0, 0.05) is 24.1 Å². The summed E-state index contributed by atoms with van der Waals surface area (Å²) in [7, 11) is 0. The summed E-state index contributed by atoms with van der Waals surface area (Å²) in [5.74, 6) is -0.624. The average Bonchev–Trinajstić information content (AvgIpc) is 3.26. The highest BCUT2D eigenvalue weighted by Gasteiger charge is 2.26. The molecular formula is C25H20FN5O3. The van der Waals surface area contributed by atoms with Crippen molar-refractivity contribution in [1.29, 1.82) is 0 Å². The molecule has 1 aliphatic rings. The number of amides is 3. The molecule has 0 radical (unpaired) electrons. The molecule has 2 heterocycles. The summed E-state index contributed by atoms with van der Waals surface area (Å²) in [6.45, 7) is -0.0790. The fourth-order valence-electron chi connectivity index (χ4n) is 3.87. The van der Waals surface area contributed by atoms with Gasteiger partial charge in [0.1, 0.15) is 18.2 Å². The Labute approximate surface area is 193 Å². The van der Waals surface area contributed by atoms with Crippen LogP contribution in [0, 0.1) is 5.82 Å². The predicted octanol–water partition coefficient (Wildman–Crippen LogP) is 4.07. The van der Waals surface area contributed by atoms with Crippen molar-refractivity contribution in [2.75, 3.05) is 22.1 Å². The van der Waals surface area contributed by atoms with Crippen molar-refractivity contribution in [3.05, 3.63) is 72.5 Å². The monoisotopic (exact) mass is 457 g/mol. The number of anilines is 3. The molecule has 0 aliphatic carbocycles. The Morgan fingerprint density at radius 1 is 1.03 bits per heavy atom. The highest BCUT2D eigenvalue weighted by atomic mass is 19.1. The molecule has 4 aromatic rings. The van der Waals surface area contributed by atoms with Crippen molar-refractivity contribution < 1.29 is 18.8 Å². The van der Waals surface area contributed by atoms with Gasteiger partial charge in [-0.15, -0.1) is 0 Å².